The zero-order chi connectivity index (χ0) is 23.5. The van der Waals surface area contributed by atoms with Gasteiger partial charge in [-0.05, 0) is 36.4 Å². The molecular weight excluding hydrogens is 451 g/mol. The smallest absolute Gasteiger partial charge is 0.262 e. The molecule has 0 saturated carbocycles. The van der Waals surface area contributed by atoms with Gasteiger partial charge in [0.15, 0.2) is 0 Å². The quantitative estimate of drug-likeness (QED) is 0.346. The molecule has 0 fully saturated rings. The maximum atomic E-state index is 14.5. The second kappa shape index (κ2) is 9.54. The van der Waals surface area contributed by atoms with Gasteiger partial charge in [0.2, 0.25) is 0 Å². The number of hydrogen-bond donors (Lipinski definition) is 1. The molecule has 0 aliphatic carbocycles. The van der Waals surface area contributed by atoms with Crippen molar-refractivity contribution in [3.8, 4) is 16.9 Å². The van der Waals surface area contributed by atoms with Gasteiger partial charge in [-0.1, -0.05) is 24.3 Å². The number of methoxy groups -OCH3 is 1. The molecule has 3 heterocycles. The molecule has 8 heteroatoms. The second-order valence-electron chi connectivity index (χ2n) is 7.66. The lowest BCUT2D eigenvalue weighted by Crippen LogP contribution is -2.23. The fourth-order valence-corrected chi connectivity index (χ4v) is 5.03. The lowest BCUT2D eigenvalue weighted by Gasteiger charge is -2.07. The van der Waals surface area contributed by atoms with Crippen LogP contribution in [0, 0.1) is 5.82 Å². The molecule has 0 unspecified atom stereocenters. The Kier molecular flexibility index (Phi) is 6.16. The van der Waals surface area contributed by atoms with E-state index in [2.05, 4.69) is 10.3 Å². The Labute approximate surface area is 199 Å². The van der Waals surface area contributed by atoms with E-state index in [1.165, 1.54) is 24.5 Å². The first-order valence-corrected chi connectivity index (χ1v) is 11.5. The third kappa shape index (κ3) is 4.21. The maximum absolute atomic E-state index is 14.5. The second-order valence-corrected chi connectivity index (χ2v) is 8.71. The zero-order valence-corrected chi connectivity index (χ0v) is 19.2. The van der Waals surface area contributed by atoms with Crippen LogP contribution in [0.1, 0.15) is 20.8 Å². The number of carbonyl (C=O) groups is 1. The van der Waals surface area contributed by atoms with Gasteiger partial charge < -0.3 is 10.1 Å². The van der Waals surface area contributed by atoms with Crippen molar-refractivity contribution >= 4 is 27.3 Å². The molecular formula is C26H21FN4O2S. The third-order valence-electron chi connectivity index (χ3n) is 5.46. The van der Waals surface area contributed by atoms with E-state index in [4.69, 9.17) is 9.84 Å². The molecule has 34 heavy (non-hydrogen) atoms. The van der Waals surface area contributed by atoms with E-state index < -0.39 is 0 Å². The molecule has 170 valence electrons. The molecule has 0 atom stereocenters. The first-order chi connectivity index (χ1) is 16.7. The number of carbonyl (C=O) groups excluding carboxylic acids is 1. The summed E-state index contributed by atoms with van der Waals surface area (Å²) in [5.74, 6) is -0.634. The highest BCUT2D eigenvalue weighted by molar-refractivity contribution is 7.21. The Morgan fingerprint density at radius 2 is 1.88 bits per heavy atom. The van der Waals surface area contributed by atoms with E-state index in [0.717, 1.165) is 22.5 Å². The number of fused-ring (bicyclic) bond motifs is 1. The van der Waals surface area contributed by atoms with Crippen LogP contribution in [0.5, 0.6) is 0 Å². The molecule has 0 aliphatic rings. The molecule has 1 N–H and O–H groups in total. The minimum Gasteiger partial charge on any atom is -0.380 e. The van der Waals surface area contributed by atoms with E-state index in [0.29, 0.717) is 20.5 Å². The molecule has 0 radical (unpaired) electrons. The van der Waals surface area contributed by atoms with Crippen LogP contribution in [0.15, 0.2) is 79.3 Å². The molecule has 5 rings (SSSR count). The minimum absolute atomic E-state index is 0.151. The van der Waals surface area contributed by atoms with Crippen molar-refractivity contribution < 1.29 is 13.9 Å². The predicted octanol–water partition coefficient (Wildman–Crippen LogP) is 5.36. The number of hydrogen-bond acceptors (Lipinski definition) is 5. The van der Waals surface area contributed by atoms with Gasteiger partial charge in [0.1, 0.15) is 5.82 Å². The first kappa shape index (κ1) is 21.9. The number of pyridine rings is 1. The monoisotopic (exact) mass is 472 g/mol. The molecule has 5 aromatic rings. The minimum atomic E-state index is -0.357. The highest BCUT2D eigenvalue weighted by Gasteiger charge is 2.21. The van der Waals surface area contributed by atoms with Crippen LogP contribution in [-0.2, 0) is 17.9 Å². The van der Waals surface area contributed by atoms with Crippen LogP contribution in [-0.4, -0.2) is 27.8 Å². The van der Waals surface area contributed by atoms with Gasteiger partial charge in [0, 0.05) is 59.0 Å². The summed E-state index contributed by atoms with van der Waals surface area (Å²) >= 11 is 1.26. The number of para-hydroxylation sites is 1. The van der Waals surface area contributed by atoms with E-state index in [1.807, 2.05) is 54.7 Å². The largest absolute Gasteiger partial charge is 0.380 e. The standard InChI is InChI=1S/C26H21FN4O2S/c1-33-16-20-23-21(27)8-5-9-22(23)34-25(20)26(32)29-14-18-15-31(19-6-3-2-4-7-19)30-24(18)17-10-12-28-13-11-17/h2-13,15H,14,16H2,1H3,(H,29,32). The van der Waals surface area contributed by atoms with Crippen LogP contribution in [0.2, 0.25) is 0 Å². The van der Waals surface area contributed by atoms with Crippen molar-refractivity contribution in [2.24, 2.45) is 0 Å². The number of thiophene rings is 1. The number of amides is 1. The van der Waals surface area contributed by atoms with Gasteiger partial charge in [0.05, 0.1) is 22.9 Å². The van der Waals surface area contributed by atoms with Crippen LogP contribution in [0.25, 0.3) is 27.0 Å². The highest BCUT2D eigenvalue weighted by Crippen LogP contribution is 2.34. The normalized spacial score (nSPS) is 11.1. The molecule has 6 nitrogen and oxygen atoms in total. The lowest BCUT2D eigenvalue weighted by molar-refractivity contribution is 0.0951. The van der Waals surface area contributed by atoms with Crippen molar-refractivity contribution in [2.45, 2.75) is 13.2 Å². The van der Waals surface area contributed by atoms with Gasteiger partial charge >= 0.3 is 0 Å². The summed E-state index contributed by atoms with van der Waals surface area (Å²) in [4.78, 5) is 17.7. The summed E-state index contributed by atoms with van der Waals surface area (Å²) in [5.41, 5.74) is 3.98. The zero-order valence-electron chi connectivity index (χ0n) is 18.4. The topological polar surface area (TPSA) is 69.0 Å². The number of ether oxygens (including phenoxy) is 1. The van der Waals surface area contributed by atoms with Crippen molar-refractivity contribution in [2.75, 3.05) is 7.11 Å². The molecule has 2 aromatic carbocycles. The summed E-state index contributed by atoms with van der Waals surface area (Å²) in [6.45, 7) is 0.407. The summed E-state index contributed by atoms with van der Waals surface area (Å²) < 4.78 is 22.3. The van der Waals surface area contributed by atoms with Crippen molar-refractivity contribution in [1.82, 2.24) is 20.1 Å². The average Bonchev–Trinajstić information content (AvgIpc) is 3.47. The number of benzene rings is 2. The van der Waals surface area contributed by atoms with Crippen LogP contribution >= 0.6 is 11.3 Å². The van der Waals surface area contributed by atoms with Gasteiger partial charge in [-0.2, -0.15) is 5.10 Å². The van der Waals surface area contributed by atoms with Crippen LogP contribution in [0.4, 0.5) is 4.39 Å². The lowest BCUT2D eigenvalue weighted by atomic mass is 10.1. The fraction of sp³-hybridized carbons (Fsp3) is 0.115. The Morgan fingerprint density at radius 1 is 1.09 bits per heavy atom. The van der Waals surface area contributed by atoms with Gasteiger partial charge in [0.25, 0.3) is 5.91 Å². The SMILES string of the molecule is COCc1c(C(=O)NCc2cn(-c3ccccc3)nc2-c2ccncc2)sc2cccc(F)c12. The van der Waals surface area contributed by atoms with Crippen LogP contribution in [0.3, 0.4) is 0 Å². The molecule has 0 saturated heterocycles. The summed E-state index contributed by atoms with van der Waals surface area (Å²) in [6, 6.07) is 18.4. The fourth-order valence-electron chi connectivity index (χ4n) is 3.89. The maximum Gasteiger partial charge on any atom is 0.262 e. The van der Waals surface area contributed by atoms with E-state index in [9.17, 15) is 9.18 Å². The number of aromatic nitrogens is 3. The molecule has 0 aliphatic heterocycles. The van der Waals surface area contributed by atoms with Crippen LogP contribution < -0.4 is 5.32 Å². The van der Waals surface area contributed by atoms with Crippen molar-refractivity contribution in [1.29, 1.82) is 0 Å². The Bertz CT molecular complexity index is 1450. The number of nitrogens with one attached hydrogen (secondary N) is 1. The number of nitrogens with zero attached hydrogens (tertiary/aromatic N) is 3. The highest BCUT2D eigenvalue weighted by atomic mass is 32.1. The summed E-state index contributed by atoms with van der Waals surface area (Å²) in [7, 11) is 1.53. The summed E-state index contributed by atoms with van der Waals surface area (Å²) in [5, 5.41) is 8.20. The van der Waals surface area contributed by atoms with E-state index >= 15 is 0 Å². The Morgan fingerprint density at radius 3 is 2.65 bits per heavy atom. The molecule has 0 bridgehead atoms. The Hall–Kier alpha value is -3.88. The van der Waals surface area contributed by atoms with Crippen molar-refractivity contribution in [3.63, 3.8) is 0 Å². The van der Waals surface area contributed by atoms with E-state index in [-0.39, 0.29) is 24.9 Å². The predicted molar refractivity (Wildman–Crippen MR) is 130 cm³/mol. The number of halogens is 1. The van der Waals surface area contributed by atoms with Crippen molar-refractivity contribution in [3.05, 3.63) is 101 Å². The third-order valence-corrected chi connectivity index (χ3v) is 6.66. The first-order valence-electron chi connectivity index (χ1n) is 10.7. The average molecular weight is 473 g/mol. The number of rotatable bonds is 7. The molecule has 3 aromatic heterocycles. The summed E-state index contributed by atoms with van der Waals surface area (Å²) in [6.07, 6.45) is 5.33. The van der Waals surface area contributed by atoms with E-state index in [1.54, 1.807) is 23.1 Å². The molecule has 0 spiro atoms. The Balaban J connectivity index is 1.47. The van der Waals surface area contributed by atoms with Gasteiger partial charge in [-0.3, -0.25) is 9.78 Å². The van der Waals surface area contributed by atoms with Gasteiger partial charge in [-0.25, -0.2) is 9.07 Å². The van der Waals surface area contributed by atoms with Gasteiger partial charge in [-0.15, -0.1) is 11.3 Å². The molecule has 1 amide bonds.